The summed E-state index contributed by atoms with van der Waals surface area (Å²) in [6.07, 6.45) is 0. The van der Waals surface area contributed by atoms with Gasteiger partial charge >= 0.3 is 5.63 Å². The average Bonchev–Trinajstić information content (AvgIpc) is 2.72. The number of fused-ring (bicyclic) bond motifs is 1. The predicted octanol–water partition coefficient (Wildman–Crippen LogP) is 4.54. The Morgan fingerprint density at radius 3 is 2.77 bits per heavy atom. The number of ether oxygens (including phenoxy) is 2. The Morgan fingerprint density at radius 2 is 2.03 bits per heavy atom. The molecule has 0 bridgehead atoms. The number of nitrogens with zero attached hydrogens (tertiary/aromatic N) is 1. The molecule has 4 rings (SSSR count). The van der Waals surface area contributed by atoms with E-state index in [0.29, 0.717) is 17.1 Å². The van der Waals surface area contributed by atoms with Gasteiger partial charge in [-0.3, -0.25) is 0 Å². The quantitative estimate of drug-likeness (QED) is 0.642. The SMILES string of the molecule is Cc1cc2c(c(=O)o1)C(c1cccc(OCc3c(F)cccc3Cl)c1)C(C#N)=C(N)O2. The van der Waals surface area contributed by atoms with Crippen LogP contribution in [-0.4, -0.2) is 0 Å². The van der Waals surface area contributed by atoms with Crippen LogP contribution in [0.25, 0.3) is 0 Å². The first-order valence-electron chi connectivity index (χ1n) is 9.27. The third kappa shape index (κ3) is 3.86. The molecular formula is C23H16ClFN2O4. The van der Waals surface area contributed by atoms with Crippen molar-refractivity contribution in [2.75, 3.05) is 0 Å². The Morgan fingerprint density at radius 1 is 1.26 bits per heavy atom. The van der Waals surface area contributed by atoms with E-state index in [2.05, 4.69) is 0 Å². The molecule has 6 nitrogen and oxygen atoms in total. The molecule has 0 fully saturated rings. The van der Waals surface area contributed by atoms with Gasteiger partial charge in [-0.15, -0.1) is 0 Å². The minimum absolute atomic E-state index is 0.0814. The van der Waals surface area contributed by atoms with E-state index >= 15 is 0 Å². The van der Waals surface area contributed by atoms with Gasteiger partial charge in [0.1, 0.15) is 41.3 Å². The minimum Gasteiger partial charge on any atom is -0.489 e. The van der Waals surface area contributed by atoms with E-state index in [1.807, 2.05) is 6.07 Å². The van der Waals surface area contributed by atoms with Gasteiger partial charge in [0.2, 0.25) is 5.88 Å². The molecule has 2 heterocycles. The van der Waals surface area contributed by atoms with Crippen molar-refractivity contribution in [3.05, 3.63) is 104 Å². The van der Waals surface area contributed by atoms with Crippen LogP contribution in [0.5, 0.6) is 11.5 Å². The second-order valence-electron chi connectivity index (χ2n) is 6.91. The zero-order valence-corrected chi connectivity index (χ0v) is 17.1. The fourth-order valence-corrected chi connectivity index (χ4v) is 3.68. The molecule has 8 heteroatoms. The molecule has 0 amide bonds. The maximum absolute atomic E-state index is 14.0. The Labute approximate surface area is 181 Å². The Hall–Kier alpha value is -3.76. The second-order valence-corrected chi connectivity index (χ2v) is 7.32. The first-order valence-corrected chi connectivity index (χ1v) is 9.64. The van der Waals surface area contributed by atoms with Gasteiger partial charge in [-0.1, -0.05) is 29.8 Å². The van der Waals surface area contributed by atoms with E-state index in [0.717, 1.165) is 0 Å². The largest absolute Gasteiger partial charge is 0.489 e. The third-order valence-corrected chi connectivity index (χ3v) is 5.25. The number of hydrogen-bond acceptors (Lipinski definition) is 6. The normalized spacial score (nSPS) is 15.1. The second kappa shape index (κ2) is 8.17. The summed E-state index contributed by atoms with van der Waals surface area (Å²) in [5.41, 5.74) is 6.38. The average molecular weight is 439 g/mol. The molecule has 1 aliphatic rings. The van der Waals surface area contributed by atoms with E-state index in [-0.39, 0.29) is 40.0 Å². The van der Waals surface area contributed by atoms with Crippen LogP contribution in [0.1, 0.15) is 28.4 Å². The van der Waals surface area contributed by atoms with Crippen LogP contribution in [0.3, 0.4) is 0 Å². The number of benzene rings is 2. The molecule has 0 radical (unpaired) electrons. The summed E-state index contributed by atoms with van der Waals surface area (Å²) >= 11 is 6.05. The molecule has 1 unspecified atom stereocenters. The van der Waals surface area contributed by atoms with Crippen molar-refractivity contribution < 1.29 is 18.3 Å². The first kappa shape index (κ1) is 20.5. The monoisotopic (exact) mass is 438 g/mol. The van der Waals surface area contributed by atoms with Gasteiger partial charge in [-0.05, 0) is 36.8 Å². The number of rotatable bonds is 4. The fraction of sp³-hybridized carbons (Fsp3) is 0.130. The highest BCUT2D eigenvalue weighted by Crippen LogP contribution is 2.41. The number of allylic oxidation sites excluding steroid dienone is 1. The van der Waals surface area contributed by atoms with Crippen molar-refractivity contribution in [2.24, 2.45) is 5.73 Å². The predicted molar refractivity (Wildman–Crippen MR) is 111 cm³/mol. The summed E-state index contributed by atoms with van der Waals surface area (Å²) < 4.78 is 30.5. The van der Waals surface area contributed by atoms with E-state index in [9.17, 15) is 14.4 Å². The summed E-state index contributed by atoms with van der Waals surface area (Å²) in [6.45, 7) is 1.52. The topological polar surface area (TPSA) is 98.5 Å². The lowest BCUT2D eigenvalue weighted by molar-refractivity contribution is 0.299. The van der Waals surface area contributed by atoms with Crippen molar-refractivity contribution in [2.45, 2.75) is 19.4 Å². The van der Waals surface area contributed by atoms with E-state index in [1.165, 1.54) is 12.1 Å². The Kier molecular flexibility index (Phi) is 5.40. The van der Waals surface area contributed by atoms with E-state index < -0.39 is 17.4 Å². The molecule has 1 aliphatic heterocycles. The van der Waals surface area contributed by atoms with Gasteiger partial charge < -0.3 is 19.6 Å². The molecule has 0 spiro atoms. The van der Waals surface area contributed by atoms with Crippen LogP contribution in [0.15, 0.2) is 69.2 Å². The molecular weight excluding hydrogens is 423 g/mol. The van der Waals surface area contributed by atoms with Gasteiger partial charge in [-0.25, -0.2) is 9.18 Å². The third-order valence-electron chi connectivity index (χ3n) is 4.89. The maximum atomic E-state index is 14.0. The zero-order valence-electron chi connectivity index (χ0n) is 16.3. The molecule has 1 aromatic heterocycles. The maximum Gasteiger partial charge on any atom is 0.343 e. The van der Waals surface area contributed by atoms with Gasteiger partial charge in [0.25, 0.3) is 0 Å². The van der Waals surface area contributed by atoms with Crippen LogP contribution in [0, 0.1) is 24.1 Å². The zero-order chi connectivity index (χ0) is 22.1. The lowest BCUT2D eigenvalue weighted by atomic mass is 9.84. The lowest BCUT2D eigenvalue weighted by Gasteiger charge is -2.25. The number of aryl methyl sites for hydroxylation is 1. The highest BCUT2D eigenvalue weighted by atomic mass is 35.5. The molecule has 0 saturated heterocycles. The van der Waals surface area contributed by atoms with Crippen molar-refractivity contribution in [3.8, 4) is 17.6 Å². The number of nitriles is 1. The van der Waals surface area contributed by atoms with Crippen LogP contribution < -0.4 is 20.8 Å². The highest BCUT2D eigenvalue weighted by Gasteiger charge is 2.34. The Balaban J connectivity index is 1.73. The minimum atomic E-state index is -0.800. The summed E-state index contributed by atoms with van der Waals surface area (Å²) in [5.74, 6) is -0.371. The van der Waals surface area contributed by atoms with E-state index in [4.69, 9.17) is 31.2 Å². The summed E-state index contributed by atoms with van der Waals surface area (Å²) in [4.78, 5) is 12.6. The summed E-state index contributed by atoms with van der Waals surface area (Å²) in [6, 6.07) is 14.7. The summed E-state index contributed by atoms with van der Waals surface area (Å²) in [5, 5.41) is 9.91. The number of nitrogens with two attached hydrogens (primary N) is 1. The van der Waals surface area contributed by atoms with Gasteiger partial charge in [0.15, 0.2) is 0 Å². The van der Waals surface area contributed by atoms with Crippen LogP contribution in [-0.2, 0) is 6.61 Å². The first-order chi connectivity index (χ1) is 14.9. The molecule has 2 aromatic carbocycles. The van der Waals surface area contributed by atoms with Crippen LogP contribution in [0.2, 0.25) is 5.02 Å². The Bertz CT molecular complexity index is 1290. The molecule has 0 aliphatic carbocycles. The van der Waals surface area contributed by atoms with Gasteiger partial charge in [-0.2, -0.15) is 5.26 Å². The highest BCUT2D eigenvalue weighted by molar-refractivity contribution is 6.31. The van der Waals surface area contributed by atoms with Crippen molar-refractivity contribution in [3.63, 3.8) is 0 Å². The van der Waals surface area contributed by atoms with E-state index in [1.54, 1.807) is 43.3 Å². The number of halogens is 2. The fourth-order valence-electron chi connectivity index (χ4n) is 3.46. The molecule has 3 aromatic rings. The molecule has 1 atom stereocenters. The molecule has 31 heavy (non-hydrogen) atoms. The molecule has 2 N–H and O–H groups in total. The molecule has 156 valence electrons. The standard InChI is InChI=1S/C23H16ClFN2O4/c1-12-8-19-21(23(28)30-12)20(15(10-26)22(27)31-19)13-4-2-5-14(9-13)29-11-16-17(24)6-3-7-18(16)25/h2-9,20H,11,27H2,1H3. The lowest BCUT2D eigenvalue weighted by Crippen LogP contribution is -2.26. The van der Waals surface area contributed by atoms with Crippen molar-refractivity contribution >= 4 is 11.6 Å². The van der Waals surface area contributed by atoms with Crippen LogP contribution >= 0.6 is 11.6 Å². The van der Waals surface area contributed by atoms with Gasteiger partial charge in [0.05, 0.1) is 16.5 Å². The van der Waals surface area contributed by atoms with Gasteiger partial charge in [0, 0.05) is 11.6 Å². The summed E-state index contributed by atoms with van der Waals surface area (Å²) in [7, 11) is 0. The molecule has 0 saturated carbocycles. The smallest absolute Gasteiger partial charge is 0.343 e. The van der Waals surface area contributed by atoms with Crippen molar-refractivity contribution in [1.29, 1.82) is 5.26 Å². The van der Waals surface area contributed by atoms with Crippen molar-refractivity contribution in [1.82, 2.24) is 0 Å². The van der Waals surface area contributed by atoms with Crippen LogP contribution in [0.4, 0.5) is 4.39 Å². The number of hydrogen-bond donors (Lipinski definition) is 1.